The fraction of sp³-hybridized carbons (Fsp3) is 0.519. The molecule has 2 atom stereocenters. The summed E-state index contributed by atoms with van der Waals surface area (Å²) in [4.78, 5) is 22.1. The number of nitrogens with zero attached hydrogens (tertiary/aromatic N) is 5. The van der Waals surface area contributed by atoms with Gasteiger partial charge in [0.25, 0.3) is 5.91 Å². The van der Waals surface area contributed by atoms with Gasteiger partial charge in [-0.1, -0.05) is 12.1 Å². The maximum absolute atomic E-state index is 14.6. The lowest BCUT2D eigenvalue weighted by atomic mass is 10.0. The molecule has 39 heavy (non-hydrogen) atoms. The number of aliphatic hydroxyl groups excluding tert-OH is 1. The second kappa shape index (κ2) is 9.44. The number of hydrogen-bond acceptors (Lipinski definition) is 6. The zero-order chi connectivity index (χ0) is 27.5. The number of carbonyl (C=O) groups excluding carboxylic acids is 1. The highest BCUT2D eigenvalue weighted by Gasteiger charge is 2.55. The molecule has 6 rings (SSSR count). The third-order valence-electron chi connectivity index (χ3n) is 8.61. The van der Waals surface area contributed by atoms with Crippen LogP contribution in [0, 0.1) is 11.2 Å². The number of aliphatic hydroxyl groups is 1. The molecule has 3 aliphatic rings. The molecule has 12 heteroatoms. The van der Waals surface area contributed by atoms with E-state index in [0.29, 0.717) is 17.8 Å². The molecule has 208 valence electrons. The number of β-amino-alcohol motifs (C(OH)–C–C–N with tert-alkyl or cyclic N) is 1. The average molecular weight is 547 g/mol. The Morgan fingerprint density at radius 1 is 1.23 bits per heavy atom. The van der Waals surface area contributed by atoms with Crippen LogP contribution in [-0.4, -0.2) is 68.8 Å². The van der Waals surface area contributed by atoms with Crippen LogP contribution >= 0.6 is 0 Å². The first-order chi connectivity index (χ1) is 18.6. The summed E-state index contributed by atoms with van der Waals surface area (Å²) >= 11 is 0. The molecule has 4 heterocycles. The number of alkyl halides is 3. The molecule has 1 saturated carbocycles. The van der Waals surface area contributed by atoms with Crippen molar-refractivity contribution in [3.8, 4) is 0 Å². The number of nitrogens with one attached hydrogen (secondary N) is 1. The molecule has 0 bridgehead atoms. The van der Waals surface area contributed by atoms with E-state index in [4.69, 9.17) is 0 Å². The van der Waals surface area contributed by atoms with Crippen molar-refractivity contribution in [2.24, 2.45) is 5.41 Å². The highest BCUT2D eigenvalue weighted by Crippen LogP contribution is 2.53. The Morgan fingerprint density at radius 2 is 1.97 bits per heavy atom. The zero-order valence-corrected chi connectivity index (χ0v) is 21.5. The predicted octanol–water partition coefficient (Wildman–Crippen LogP) is 3.80. The molecule has 1 spiro atoms. The number of pyridine rings is 1. The number of likely N-dealkylation sites (tertiary alicyclic amines) is 1. The van der Waals surface area contributed by atoms with Crippen molar-refractivity contribution in [1.82, 2.24) is 24.8 Å². The molecule has 1 aliphatic carbocycles. The molecule has 3 fully saturated rings. The van der Waals surface area contributed by atoms with Crippen LogP contribution in [0.2, 0.25) is 0 Å². The number of hydrogen-bond donors (Lipinski definition) is 2. The van der Waals surface area contributed by atoms with Gasteiger partial charge in [0.05, 0.1) is 29.0 Å². The van der Waals surface area contributed by atoms with Crippen molar-refractivity contribution in [3.05, 3.63) is 59.3 Å². The lowest BCUT2D eigenvalue weighted by molar-refractivity contribution is -0.140. The number of halogens is 4. The first kappa shape index (κ1) is 26.0. The molecule has 0 unspecified atom stereocenters. The summed E-state index contributed by atoms with van der Waals surface area (Å²) in [6.07, 6.45) is 1.84. The SMILES string of the molecule is C[C@@H](NC(=O)c1cc(N2CCC(N3C[C@@H](O)C4(CC4)C3)CC2)c2ncnn2c1)c1cccc(C(F)(F)F)c1F. The lowest BCUT2D eigenvalue weighted by Crippen LogP contribution is -2.44. The van der Waals surface area contributed by atoms with Gasteiger partial charge in [0.1, 0.15) is 12.1 Å². The number of benzene rings is 1. The van der Waals surface area contributed by atoms with Crippen LogP contribution in [-0.2, 0) is 6.18 Å². The maximum Gasteiger partial charge on any atom is 0.419 e. The minimum absolute atomic E-state index is 0.112. The van der Waals surface area contributed by atoms with Crippen molar-refractivity contribution in [2.75, 3.05) is 31.1 Å². The van der Waals surface area contributed by atoms with Crippen molar-refractivity contribution in [1.29, 1.82) is 0 Å². The van der Waals surface area contributed by atoms with Crippen LogP contribution in [0.4, 0.5) is 23.2 Å². The topological polar surface area (TPSA) is 86.0 Å². The lowest BCUT2D eigenvalue weighted by Gasteiger charge is -2.38. The van der Waals surface area contributed by atoms with Gasteiger partial charge in [-0.15, -0.1) is 0 Å². The molecule has 2 aromatic heterocycles. The van der Waals surface area contributed by atoms with E-state index in [1.165, 1.54) is 30.0 Å². The quantitative estimate of drug-likeness (QED) is 0.474. The molecule has 2 saturated heterocycles. The number of carbonyl (C=O) groups is 1. The summed E-state index contributed by atoms with van der Waals surface area (Å²) in [5.74, 6) is -1.96. The second-order valence-electron chi connectivity index (χ2n) is 11.1. The zero-order valence-electron chi connectivity index (χ0n) is 21.5. The van der Waals surface area contributed by atoms with Crippen molar-refractivity contribution >= 4 is 17.2 Å². The van der Waals surface area contributed by atoms with E-state index in [2.05, 4.69) is 25.2 Å². The normalized spacial score (nSPS) is 22.5. The Balaban J connectivity index is 1.18. The van der Waals surface area contributed by atoms with Crippen LogP contribution < -0.4 is 10.2 Å². The fourth-order valence-corrected chi connectivity index (χ4v) is 6.12. The second-order valence-corrected chi connectivity index (χ2v) is 11.1. The van der Waals surface area contributed by atoms with Gasteiger partial charge in [-0.2, -0.15) is 18.3 Å². The Hall–Kier alpha value is -3.25. The minimum atomic E-state index is -4.84. The first-order valence-corrected chi connectivity index (χ1v) is 13.2. The molecular formula is C27H30F4N6O2. The molecule has 1 aromatic carbocycles. The minimum Gasteiger partial charge on any atom is -0.391 e. The van der Waals surface area contributed by atoms with Gasteiger partial charge in [-0.25, -0.2) is 13.9 Å². The predicted molar refractivity (Wildman–Crippen MR) is 135 cm³/mol. The third kappa shape index (κ3) is 4.73. The standard InChI is InChI=1S/C27H30F4N6O2/c1-16(19-3-2-4-20(23(19)28)27(29,30)31)34-25(39)17-11-21(24-32-15-33-37(24)12-17)35-9-5-18(6-10-35)36-13-22(38)26(14-36)7-8-26/h2-4,11-12,15-16,18,22,38H,5-10,13-14H2,1H3,(H,34,39)/t16-,22-/m1/s1. The fourth-order valence-electron chi connectivity index (χ4n) is 6.12. The van der Waals surface area contributed by atoms with E-state index in [9.17, 15) is 27.5 Å². The van der Waals surface area contributed by atoms with Crippen molar-refractivity contribution < 1.29 is 27.5 Å². The molecule has 3 aromatic rings. The Kier molecular flexibility index (Phi) is 6.29. The summed E-state index contributed by atoms with van der Waals surface area (Å²) in [7, 11) is 0. The van der Waals surface area contributed by atoms with E-state index in [0.717, 1.165) is 63.6 Å². The third-order valence-corrected chi connectivity index (χ3v) is 8.61. The Labute approximate surface area is 222 Å². The number of aromatic nitrogens is 3. The van der Waals surface area contributed by atoms with E-state index in [1.807, 2.05) is 0 Å². The molecule has 2 N–H and O–H groups in total. The van der Waals surface area contributed by atoms with Gasteiger partial charge >= 0.3 is 6.18 Å². The van der Waals surface area contributed by atoms with Gasteiger partial charge in [0, 0.05) is 49.4 Å². The smallest absolute Gasteiger partial charge is 0.391 e. The average Bonchev–Trinajstić information content (AvgIpc) is 3.39. The Morgan fingerprint density at radius 3 is 2.64 bits per heavy atom. The molecular weight excluding hydrogens is 516 g/mol. The molecule has 2 aliphatic heterocycles. The summed E-state index contributed by atoms with van der Waals surface area (Å²) < 4.78 is 55.6. The molecule has 1 amide bonds. The largest absolute Gasteiger partial charge is 0.419 e. The van der Waals surface area contributed by atoms with Crippen molar-refractivity contribution in [2.45, 2.75) is 57.0 Å². The number of rotatable bonds is 5. The number of anilines is 1. The van der Waals surface area contributed by atoms with E-state index >= 15 is 0 Å². The van der Waals surface area contributed by atoms with E-state index in [-0.39, 0.29) is 22.6 Å². The number of piperidine rings is 1. The van der Waals surface area contributed by atoms with Crippen LogP contribution in [0.5, 0.6) is 0 Å². The van der Waals surface area contributed by atoms with Crippen LogP contribution in [0.25, 0.3) is 5.65 Å². The van der Waals surface area contributed by atoms with Gasteiger partial charge in [-0.3, -0.25) is 9.69 Å². The van der Waals surface area contributed by atoms with Crippen molar-refractivity contribution in [3.63, 3.8) is 0 Å². The van der Waals surface area contributed by atoms with Gasteiger partial charge in [0.15, 0.2) is 5.65 Å². The summed E-state index contributed by atoms with van der Waals surface area (Å²) in [6, 6.07) is 4.12. The van der Waals surface area contributed by atoms with Gasteiger partial charge in [-0.05, 0) is 44.7 Å². The van der Waals surface area contributed by atoms with E-state index < -0.39 is 29.5 Å². The summed E-state index contributed by atoms with van der Waals surface area (Å²) in [5, 5.41) is 17.3. The number of amides is 1. The molecule has 8 nitrogen and oxygen atoms in total. The summed E-state index contributed by atoms with van der Waals surface area (Å²) in [6.45, 7) is 4.59. The summed E-state index contributed by atoms with van der Waals surface area (Å²) in [5.41, 5.74) is 0.0596. The van der Waals surface area contributed by atoms with Gasteiger partial charge < -0.3 is 15.3 Å². The monoisotopic (exact) mass is 546 g/mol. The van der Waals surface area contributed by atoms with Crippen LogP contribution in [0.3, 0.4) is 0 Å². The number of fused-ring (bicyclic) bond motifs is 1. The highest BCUT2D eigenvalue weighted by atomic mass is 19.4. The molecule has 0 radical (unpaired) electrons. The highest BCUT2D eigenvalue weighted by molar-refractivity contribution is 5.96. The van der Waals surface area contributed by atoms with Gasteiger partial charge in [0.2, 0.25) is 0 Å². The first-order valence-electron chi connectivity index (χ1n) is 13.2. The maximum atomic E-state index is 14.6. The van der Waals surface area contributed by atoms with Crippen LogP contribution in [0.15, 0.2) is 36.8 Å². The van der Waals surface area contributed by atoms with Crippen LogP contribution in [0.1, 0.15) is 60.1 Å². The Bertz CT molecular complexity index is 1400. The van der Waals surface area contributed by atoms with E-state index in [1.54, 1.807) is 6.07 Å².